The second-order valence-corrected chi connectivity index (χ2v) is 6.86. The van der Waals surface area contributed by atoms with Crippen LogP contribution in [0.3, 0.4) is 0 Å². The molecule has 0 N–H and O–H groups in total. The molecule has 0 atom stereocenters. The van der Waals surface area contributed by atoms with Gasteiger partial charge in [-0.1, -0.05) is 12.1 Å². The van der Waals surface area contributed by atoms with E-state index in [1.165, 1.54) is 50.3 Å². The molecule has 0 spiro atoms. The molecule has 0 radical (unpaired) electrons. The van der Waals surface area contributed by atoms with Crippen molar-refractivity contribution in [3.05, 3.63) is 29.3 Å². The van der Waals surface area contributed by atoms with Crippen LogP contribution in [0.2, 0.25) is 0 Å². The van der Waals surface area contributed by atoms with E-state index in [0.717, 1.165) is 25.3 Å². The van der Waals surface area contributed by atoms with Crippen molar-refractivity contribution in [2.24, 2.45) is 0 Å². The smallest absolute Gasteiger partial charge is 0.123 e. The summed E-state index contributed by atoms with van der Waals surface area (Å²) in [6, 6.07) is 6.70. The van der Waals surface area contributed by atoms with Crippen LogP contribution in [0.25, 0.3) is 0 Å². The summed E-state index contributed by atoms with van der Waals surface area (Å²) >= 11 is 0. The molecular weight excluding hydrogens is 286 g/mol. The van der Waals surface area contributed by atoms with E-state index >= 15 is 0 Å². The summed E-state index contributed by atoms with van der Waals surface area (Å²) in [4.78, 5) is 7.21. The van der Waals surface area contributed by atoms with Gasteiger partial charge in [0.2, 0.25) is 0 Å². The molecule has 4 heteroatoms. The number of nitrogens with zero attached hydrogens (tertiary/aromatic N) is 3. The third kappa shape index (κ3) is 6.13. The summed E-state index contributed by atoms with van der Waals surface area (Å²) in [6.07, 6.45) is 2.39. The van der Waals surface area contributed by atoms with Gasteiger partial charge in [-0.15, -0.1) is 0 Å². The van der Waals surface area contributed by atoms with Gasteiger partial charge in [0, 0.05) is 38.3 Å². The molecule has 1 fully saturated rings. The van der Waals surface area contributed by atoms with Gasteiger partial charge in [-0.2, -0.15) is 0 Å². The highest BCUT2D eigenvalue weighted by Crippen LogP contribution is 2.22. The average molecular weight is 319 g/mol. The molecule has 0 unspecified atom stereocenters. The van der Waals surface area contributed by atoms with Crippen LogP contribution in [0.5, 0.6) is 5.75 Å². The van der Waals surface area contributed by atoms with Gasteiger partial charge in [0.1, 0.15) is 5.75 Å². The summed E-state index contributed by atoms with van der Waals surface area (Å²) < 4.78 is 5.76. The van der Waals surface area contributed by atoms with Crippen molar-refractivity contribution in [2.75, 3.05) is 60.5 Å². The van der Waals surface area contributed by atoms with E-state index in [0.29, 0.717) is 0 Å². The molecule has 2 rings (SSSR count). The quantitative estimate of drug-likeness (QED) is 0.732. The minimum absolute atomic E-state index is 0.725. The van der Waals surface area contributed by atoms with Gasteiger partial charge in [0.15, 0.2) is 0 Å². The van der Waals surface area contributed by atoms with E-state index in [2.05, 4.69) is 54.0 Å². The first-order valence-electron chi connectivity index (χ1n) is 8.88. The Morgan fingerprint density at radius 3 is 2.52 bits per heavy atom. The molecular formula is C19H33N3O. The Bertz CT molecular complexity index is 468. The maximum atomic E-state index is 5.76. The van der Waals surface area contributed by atoms with Crippen LogP contribution in [0.4, 0.5) is 0 Å². The Labute approximate surface area is 142 Å². The van der Waals surface area contributed by atoms with Crippen LogP contribution in [0.1, 0.15) is 24.5 Å². The third-order valence-electron chi connectivity index (χ3n) is 4.45. The number of ether oxygens (including phenoxy) is 1. The lowest BCUT2D eigenvalue weighted by Gasteiger charge is -2.32. The van der Waals surface area contributed by atoms with Crippen LogP contribution < -0.4 is 4.74 Å². The highest BCUT2D eigenvalue weighted by Gasteiger charge is 2.13. The lowest BCUT2D eigenvalue weighted by molar-refractivity contribution is 0.153. The largest absolute Gasteiger partial charge is 0.494 e. The predicted molar refractivity (Wildman–Crippen MR) is 97.3 cm³/mol. The first-order chi connectivity index (χ1) is 11.1. The summed E-state index contributed by atoms with van der Waals surface area (Å²) in [5, 5.41) is 0. The maximum absolute atomic E-state index is 5.76. The number of hydrogen-bond donors (Lipinski definition) is 0. The van der Waals surface area contributed by atoms with E-state index in [4.69, 9.17) is 4.74 Å². The Kier molecular flexibility index (Phi) is 7.34. The van der Waals surface area contributed by atoms with Crippen molar-refractivity contribution in [1.82, 2.24) is 14.7 Å². The minimum atomic E-state index is 0.725. The minimum Gasteiger partial charge on any atom is -0.494 e. The fraction of sp³-hybridized carbons (Fsp3) is 0.684. The van der Waals surface area contributed by atoms with E-state index in [9.17, 15) is 0 Å². The fourth-order valence-electron chi connectivity index (χ4n) is 3.13. The molecule has 0 amide bonds. The van der Waals surface area contributed by atoms with Crippen molar-refractivity contribution in [1.29, 1.82) is 0 Å². The first-order valence-corrected chi connectivity index (χ1v) is 8.88. The SMILES string of the molecule is CCOc1ccc(CCCN2CCN(C)CC2)cc1CN(C)C. The zero-order chi connectivity index (χ0) is 16.7. The van der Waals surface area contributed by atoms with Crippen LogP contribution >= 0.6 is 0 Å². The molecule has 0 aliphatic carbocycles. The molecule has 0 aromatic heterocycles. The van der Waals surface area contributed by atoms with Crippen LogP contribution in [0, 0.1) is 0 Å². The summed E-state index contributed by atoms with van der Waals surface area (Å²) in [5.41, 5.74) is 2.73. The number of hydrogen-bond acceptors (Lipinski definition) is 4. The van der Waals surface area contributed by atoms with Gasteiger partial charge in [0.25, 0.3) is 0 Å². The number of rotatable bonds is 8. The lowest BCUT2D eigenvalue weighted by Crippen LogP contribution is -2.44. The van der Waals surface area contributed by atoms with Crippen LogP contribution in [-0.2, 0) is 13.0 Å². The molecule has 23 heavy (non-hydrogen) atoms. The normalized spacial score (nSPS) is 16.9. The molecule has 0 bridgehead atoms. The third-order valence-corrected chi connectivity index (χ3v) is 4.45. The Hall–Kier alpha value is -1.10. The Balaban J connectivity index is 1.86. The first kappa shape index (κ1) is 18.2. The maximum Gasteiger partial charge on any atom is 0.123 e. The second-order valence-electron chi connectivity index (χ2n) is 6.86. The molecule has 1 aliphatic rings. The molecule has 1 aromatic rings. The predicted octanol–water partition coefficient (Wildman–Crippen LogP) is 2.33. The van der Waals surface area contributed by atoms with Crippen LogP contribution in [-0.4, -0.2) is 75.2 Å². The molecule has 1 heterocycles. The van der Waals surface area contributed by atoms with E-state index < -0.39 is 0 Å². The van der Waals surface area contributed by atoms with Crippen molar-refractivity contribution in [2.45, 2.75) is 26.3 Å². The second kappa shape index (κ2) is 9.26. The van der Waals surface area contributed by atoms with Crippen molar-refractivity contribution in [3.63, 3.8) is 0 Å². The van der Waals surface area contributed by atoms with E-state index in [1.54, 1.807) is 0 Å². The van der Waals surface area contributed by atoms with Crippen LogP contribution in [0.15, 0.2) is 18.2 Å². The van der Waals surface area contributed by atoms with Gasteiger partial charge < -0.3 is 19.4 Å². The van der Waals surface area contributed by atoms with Crippen molar-refractivity contribution in [3.8, 4) is 5.75 Å². The van der Waals surface area contributed by atoms with Crippen molar-refractivity contribution < 1.29 is 4.74 Å². The highest BCUT2D eigenvalue weighted by molar-refractivity contribution is 5.37. The zero-order valence-corrected chi connectivity index (χ0v) is 15.3. The van der Waals surface area contributed by atoms with Crippen molar-refractivity contribution >= 4 is 0 Å². The van der Waals surface area contributed by atoms with Gasteiger partial charge in [0.05, 0.1) is 6.61 Å². The Morgan fingerprint density at radius 2 is 1.87 bits per heavy atom. The van der Waals surface area contributed by atoms with Gasteiger partial charge in [-0.05, 0) is 59.1 Å². The lowest BCUT2D eigenvalue weighted by atomic mass is 10.0. The number of piperazine rings is 1. The van der Waals surface area contributed by atoms with E-state index in [1.807, 2.05) is 6.92 Å². The number of likely N-dealkylation sites (N-methyl/N-ethyl adjacent to an activating group) is 1. The Morgan fingerprint density at radius 1 is 1.13 bits per heavy atom. The molecule has 1 aliphatic heterocycles. The summed E-state index contributed by atoms with van der Waals surface area (Å²) in [6.45, 7) is 9.75. The molecule has 0 saturated carbocycles. The standard InChI is InChI=1S/C19H33N3O/c1-5-23-19-9-8-17(15-18(19)16-20(2)3)7-6-10-22-13-11-21(4)12-14-22/h8-9,15H,5-7,10-14,16H2,1-4H3. The number of benzene rings is 1. The summed E-state index contributed by atoms with van der Waals surface area (Å²) in [7, 11) is 6.43. The molecule has 1 saturated heterocycles. The molecule has 130 valence electrons. The van der Waals surface area contributed by atoms with Gasteiger partial charge in [-0.25, -0.2) is 0 Å². The van der Waals surface area contributed by atoms with Gasteiger partial charge >= 0.3 is 0 Å². The van der Waals surface area contributed by atoms with E-state index in [-0.39, 0.29) is 0 Å². The highest BCUT2D eigenvalue weighted by atomic mass is 16.5. The topological polar surface area (TPSA) is 19.0 Å². The number of aryl methyl sites for hydroxylation is 1. The van der Waals surface area contributed by atoms with Gasteiger partial charge in [-0.3, -0.25) is 0 Å². The summed E-state index contributed by atoms with van der Waals surface area (Å²) in [5.74, 6) is 1.03. The fourth-order valence-corrected chi connectivity index (χ4v) is 3.13. The molecule has 1 aromatic carbocycles. The molecule has 4 nitrogen and oxygen atoms in total. The monoisotopic (exact) mass is 319 g/mol. The zero-order valence-electron chi connectivity index (χ0n) is 15.3. The average Bonchev–Trinajstić information content (AvgIpc) is 2.51.